The lowest BCUT2D eigenvalue weighted by atomic mass is 10.2. The lowest BCUT2D eigenvalue weighted by molar-refractivity contribution is -0.384. The van der Waals surface area contributed by atoms with Crippen LogP contribution in [0.2, 0.25) is 5.02 Å². The van der Waals surface area contributed by atoms with Crippen LogP contribution in [0.15, 0.2) is 18.2 Å². The van der Waals surface area contributed by atoms with Gasteiger partial charge in [0.25, 0.3) is 5.69 Å². The molecule has 0 fully saturated rings. The molecule has 0 unspecified atom stereocenters. The van der Waals surface area contributed by atoms with E-state index in [1.807, 2.05) is 0 Å². The molecule has 0 atom stereocenters. The first-order chi connectivity index (χ1) is 8.66. The van der Waals surface area contributed by atoms with Gasteiger partial charge in [-0.3, -0.25) is 10.1 Å². The fraction of sp³-hybridized carbons (Fsp3) is 0.222. The third-order valence-electron chi connectivity index (χ3n) is 2.23. The molecular formula is C9H9ClN6O2. The Kier molecular flexibility index (Phi) is 3.80. The molecule has 94 valence electrons. The summed E-state index contributed by atoms with van der Waals surface area (Å²) in [5, 5.41) is 27.4. The van der Waals surface area contributed by atoms with Crippen LogP contribution in [0.25, 0.3) is 0 Å². The van der Waals surface area contributed by atoms with E-state index in [9.17, 15) is 10.1 Å². The number of non-ortho nitro benzene ring substituents is 1. The number of nitrogens with zero attached hydrogens (tertiary/aromatic N) is 4. The van der Waals surface area contributed by atoms with Crippen molar-refractivity contribution in [2.45, 2.75) is 13.1 Å². The number of aromatic amines is 1. The van der Waals surface area contributed by atoms with Gasteiger partial charge in [0, 0.05) is 23.7 Å². The highest BCUT2D eigenvalue weighted by molar-refractivity contribution is 6.31. The van der Waals surface area contributed by atoms with E-state index < -0.39 is 4.92 Å². The van der Waals surface area contributed by atoms with Gasteiger partial charge in [-0.15, -0.1) is 10.2 Å². The fourth-order valence-electron chi connectivity index (χ4n) is 1.38. The van der Waals surface area contributed by atoms with Crippen LogP contribution >= 0.6 is 11.6 Å². The third kappa shape index (κ3) is 2.99. The topological polar surface area (TPSA) is 110 Å². The highest BCUT2D eigenvalue weighted by atomic mass is 35.5. The second kappa shape index (κ2) is 5.52. The van der Waals surface area contributed by atoms with Crippen molar-refractivity contribution in [3.05, 3.63) is 44.7 Å². The average molecular weight is 269 g/mol. The van der Waals surface area contributed by atoms with Crippen LogP contribution in [0.3, 0.4) is 0 Å². The Labute approximate surface area is 106 Å². The summed E-state index contributed by atoms with van der Waals surface area (Å²) in [5.41, 5.74) is 0.658. The summed E-state index contributed by atoms with van der Waals surface area (Å²) in [6.07, 6.45) is 0. The molecule has 0 amide bonds. The van der Waals surface area contributed by atoms with E-state index in [1.54, 1.807) is 0 Å². The van der Waals surface area contributed by atoms with Gasteiger partial charge >= 0.3 is 0 Å². The Balaban J connectivity index is 2.00. The summed E-state index contributed by atoms with van der Waals surface area (Å²) in [5.74, 6) is 0.511. The number of aromatic nitrogens is 4. The summed E-state index contributed by atoms with van der Waals surface area (Å²) in [4.78, 5) is 10.2. The minimum absolute atomic E-state index is 0.00996. The van der Waals surface area contributed by atoms with Crippen molar-refractivity contribution in [2.75, 3.05) is 0 Å². The molecule has 0 bridgehead atoms. The predicted molar refractivity (Wildman–Crippen MR) is 62.8 cm³/mol. The lowest BCUT2D eigenvalue weighted by Crippen LogP contribution is -2.14. The average Bonchev–Trinajstić information content (AvgIpc) is 2.84. The second-order valence-corrected chi connectivity index (χ2v) is 3.87. The maximum Gasteiger partial charge on any atom is 0.269 e. The summed E-state index contributed by atoms with van der Waals surface area (Å²) in [6.45, 7) is 0.782. The van der Waals surface area contributed by atoms with E-state index in [0.717, 1.165) is 0 Å². The van der Waals surface area contributed by atoms with Gasteiger partial charge in [-0.25, -0.2) is 0 Å². The Morgan fingerprint density at radius 2 is 2.28 bits per heavy atom. The lowest BCUT2D eigenvalue weighted by Gasteiger charge is -2.04. The van der Waals surface area contributed by atoms with Crippen LogP contribution in [0.1, 0.15) is 11.4 Å². The second-order valence-electron chi connectivity index (χ2n) is 3.46. The van der Waals surface area contributed by atoms with Crippen molar-refractivity contribution < 1.29 is 4.92 Å². The number of rotatable bonds is 5. The molecule has 2 rings (SSSR count). The van der Waals surface area contributed by atoms with Gasteiger partial charge in [-0.2, -0.15) is 5.21 Å². The Hall–Kier alpha value is -2.06. The molecule has 0 saturated carbocycles. The fourth-order valence-corrected chi connectivity index (χ4v) is 1.56. The van der Waals surface area contributed by atoms with Gasteiger partial charge in [-0.1, -0.05) is 16.8 Å². The van der Waals surface area contributed by atoms with E-state index in [4.69, 9.17) is 11.6 Å². The van der Waals surface area contributed by atoms with Crippen LogP contribution < -0.4 is 5.32 Å². The number of hydrogen-bond acceptors (Lipinski definition) is 6. The molecule has 0 aliphatic heterocycles. The number of nitro benzene ring substituents is 1. The van der Waals surface area contributed by atoms with Gasteiger partial charge < -0.3 is 5.32 Å². The smallest absolute Gasteiger partial charge is 0.269 e. The first-order valence-corrected chi connectivity index (χ1v) is 5.40. The molecule has 2 N–H and O–H groups in total. The van der Waals surface area contributed by atoms with Gasteiger partial charge in [0.15, 0.2) is 5.82 Å². The van der Waals surface area contributed by atoms with Gasteiger partial charge in [0.05, 0.1) is 11.5 Å². The molecule has 1 heterocycles. The van der Waals surface area contributed by atoms with E-state index >= 15 is 0 Å². The van der Waals surface area contributed by atoms with Gasteiger partial charge in [0.2, 0.25) is 0 Å². The third-order valence-corrected chi connectivity index (χ3v) is 2.60. The Morgan fingerprint density at radius 3 is 2.94 bits per heavy atom. The van der Waals surface area contributed by atoms with Crippen LogP contribution in [0.4, 0.5) is 5.69 Å². The number of halogens is 1. The van der Waals surface area contributed by atoms with Crippen molar-refractivity contribution in [1.29, 1.82) is 0 Å². The van der Waals surface area contributed by atoms with Crippen molar-refractivity contribution in [3.8, 4) is 0 Å². The zero-order valence-electron chi connectivity index (χ0n) is 9.13. The molecule has 18 heavy (non-hydrogen) atoms. The summed E-state index contributed by atoms with van der Waals surface area (Å²) in [6, 6.07) is 4.31. The summed E-state index contributed by atoms with van der Waals surface area (Å²) < 4.78 is 0. The molecule has 9 heteroatoms. The molecule has 8 nitrogen and oxygen atoms in total. The molecule has 0 aliphatic carbocycles. The summed E-state index contributed by atoms with van der Waals surface area (Å²) in [7, 11) is 0. The highest BCUT2D eigenvalue weighted by Crippen LogP contribution is 2.21. The monoisotopic (exact) mass is 268 g/mol. The number of nitro groups is 1. The minimum Gasteiger partial charge on any atom is -0.306 e. The van der Waals surface area contributed by atoms with Crippen molar-refractivity contribution in [1.82, 2.24) is 25.9 Å². The predicted octanol–water partition coefficient (Wildman–Crippen LogP) is 1.05. The van der Waals surface area contributed by atoms with Gasteiger partial charge in [-0.05, 0) is 11.6 Å². The SMILES string of the molecule is O=[N+]([O-])c1ccc(Cl)c(CNCc2nn[nH]n2)c1. The molecule has 2 aromatic rings. The van der Waals surface area contributed by atoms with E-state index in [-0.39, 0.29) is 5.69 Å². The Bertz CT molecular complexity index is 544. The van der Waals surface area contributed by atoms with Crippen molar-refractivity contribution >= 4 is 17.3 Å². The minimum atomic E-state index is -0.459. The number of hydrogen-bond donors (Lipinski definition) is 2. The maximum atomic E-state index is 10.6. The Morgan fingerprint density at radius 1 is 1.44 bits per heavy atom. The molecular weight excluding hydrogens is 260 g/mol. The highest BCUT2D eigenvalue weighted by Gasteiger charge is 2.09. The molecule has 0 spiro atoms. The molecule has 0 saturated heterocycles. The first kappa shape index (κ1) is 12.4. The van der Waals surface area contributed by atoms with E-state index in [0.29, 0.717) is 29.5 Å². The number of benzene rings is 1. The van der Waals surface area contributed by atoms with Crippen molar-refractivity contribution in [3.63, 3.8) is 0 Å². The van der Waals surface area contributed by atoms with E-state index in [2.05, 4.69) is 25.9 Å². The maximum absolute atomic E-state index is 10.6. The quantitative estimate of drug-likeness (QED) is 0.619. The number of tetrazole rings is 1. The van der Waals surface area contributed by atoms with Crippen LogP contribution in [0, 0.1) is 10.1 Å². The zero-order valence-corrected chi connectivity index (χ0v) is 9.89. The van der Waals surface area contributed by atoms with Crippen LogP contribution in [-0.4, -0.2) is 25.5 Å². The first-order valence-electron chi connectivity index (χ1n) is 5.02. The molecule has 1 aromatic heterocycles. The molecule has 0 radical (unpaired) electrons. The largest absolute Gasteiger partial charge is 0.306 e. The van der Waals surface area contributed by atoms with Crippen LogP contribution in [-0.2, 0) is 13.1 Å². The standard InChI is InChI=1S/C9H9ClN6O2/c10-8-2-1-7(16(17)18)3-6(8)4-11-5-9-12-14-15-13-9/h1-3,11H,4-5H2,(H,12,13,14,15). The van der Waals surface area contributed by atoms with Crippen LogP contribution in [0.5, 0.6) is 0 Å². The van der Waals surface area contributed by atoms with Crippen molar-refractivity contribution in [2.24, 2.45) is 0 Å². The number of nitrogens with one attached hydrogen (secondary N) is 2. The van der Waals surface area contributed by atoms with E-state index in [1.165, 1.54) is 18.2 Å². The molecule has 0 aliphatic rings. The molecule has 1 aromatic carbocycles. The summed E-state index contributed by atoms with van der Waals surface area (Å²) >= 11 is 5.95. The number of H-pyrrole nitrogens is 1. The zero-order chi connectivity index (χ0) is 13.0. The normalized spacial score (nSPS) is 10.5. The van der Waals surface area contributed by atoms with Gasteiger partial charge in [0.1, 0.15) is 0 Å².